The molecule has 1 fully saturated rings. The molecule has 1 aliphatic heterocycles. The van der Waals surface area contributed by atoms with E-state index in [4.69, 9.17) is 11.6 Å². The molecule has 0 radical (unpaired) electrons. The average Bonchev–Trinajstić information content (AvgIpc) is 2.80. The molecule has 0 bridgehead atoms. The molecule has 1 aliphatic rings. The Balaban J connectivity index is 2.26. The van der Waals surface area contributed by atoms with Crippen molar-refractivity contribution >= 4 is 23.3 Å². The molecule has 1 unspecified atom stereocenters. The molecule has 2 rings (SSSR count). The number of nitrogens with zero attached hydrogens (tertiary/aromatic N) is 3. The van der Waals surface area contributed by atoms with Crippen LogP contribution in [-0.2, 0) is 7.05 Å². The first-order valence-corrected chi connectivity index (χ1v) is 6.76. The third-order valence-corrected chi connectivity index (χ3v) is 3.92. The van der Waals surface area contributed by atoms with Crippen LogP contribution in [0, 0.1) is 10.1 Å². The maximum absolute atomic E-state index is 12.4. The van der Waals surface area contributed by atoms with Crippen molar-refractivity contribution in [2.45, 2.75) is 25.3 Å². The molecule has 2 heterocycles. The molecule has 19 heavy (non-hydrogen) atoms. The molecule has 0 spiro atoms. The topological polar surface area (TPSA) is 68.4 Å². The average molecular weight is 286 g/mol. The number of hydrogen-bond acceptors (Lipinski definition) is 3. The van der Waals surface area contributed by atoms with Gasteiger partial charge in [0, 0.05) is 24.5 Å². The van der Waals surface area contributed by atoms with Gasteiger partial charge in [0.2, 0.25) is 0 Å². The van der Waals surface area contributed by atoms with E-state index in [1.165, 1.54) is 23.7 Å². The molecule has 1 atom stereocenters. The summed E-state index contributed by atoms with van der Waals surface area (Å²) in [5, 5.41) is 10.8. The van der Waals surface area contributed by atoms with Crippen LogP contribution in [0.4, 0.5) is 5.82 Å². The quantitative estimate of drug-likeness (QED) is 0.485. The molecule has 0 N–H and O–H groups in total. The Morgan fingerprint density at radius 3 is 2.84 bits per heavy atom. The molecule has 6 nitrogen and oxygen atoms in total. The molecule has 1 aromatic heterocycles. The van der Waals surface area contributed by atoms with Gasteiger partial charge < -0.3 is 15.0 Å². The number of carbonyl (C=O) groups excluding carboxylic acids is 1. The molecule has 1 saturated heterocycles. The Labute approximate surface area is 116 Å². The van der Waals surface area contributed by atoms with E-state index in [0.29, 0.717) is 18.1 Å². The highest BCUT2D eigenvalue weighted by Crippen LogP contribution is 2.23. The smallest absolute Gasteiger partial charge is 0.323 e. The SMILES string of the molecule is Cn1c(C(=O)N2CCCCC2CCl)ccc1[N+](=O)[O-]. The first kappa shape index (κ1) is 13.9. The Morgan fingerprint density at radius 2 is 2.26 bits per heavy atom. The van der Waals surface area contributed by atoms with Gasteiger partial charge in [-0.05, 0) is 30.3 Å². The lowest BCUT2D eigenvalue weighted by Gasteiger charge is -2.34. The van der Waals surface area contributed by atoms with Gasteiger partial charge in [-0.3, -0.25) is 4.79 Å². The summed E-state index contributed by atoms with van der Waals surface area (Å²) in [7, 11) is 1.53. The standard InChI is InChI=1S/C12H16ClN3O3/c1-14-10(5-6-11(14)16(18)19)12(17)15-7-3-2-4-9(15)8-13/h5-6,9H,2-4,7-8H2,1H3. The van der Waals surface area contributed by atoms with Gasteiger partial charge in [0.15, 0.2) is 5.69 Å². The number of rotatable bonds is 3. The summed E-state index contributed by atoms with van der Waals surface area (Å²) in [6.45, 7) is 0.662. The van der Waals surface area contributed by atoms with Crippen LogP contribution in [0.3, 0.4) is 0 Å². The van der Waals surface area contributed by atoms with E-state index in [1.807, 2.05) is 0 Å². The summed E-state index contributed by atoms with van der Waals surface area (Å²) >= 11 is 5.89. The third kappa shape index (κ3) is 2.58. The third-order valence-electron chi connectivity index (χ3n) is 3.57. The minimum absolute atomic E-state index is 0.0249. The number of carbonyl (C=O) groups is 1. The lowest BCUT2D eigenvalue weighted by molar-refractivity contribution is -0.391. The van der Waals surface area contributed by atoms with E-state index < -0.39 is 4.92 Å². The molecule has 0 aromatic carbocycles. The number of aromatic nitrogens is 1. The van der Waals surface area contributed by atoms with Crippen LogP contribution in [0.15, 0.2) is 12.1 Å². The normalized spacial score (nSPS) is 19.5. The highest BCUT2D eigenvalue weighted by molar-refractivity contribution is 6.18. The van der Waals surface area contributed by atoms with Gasteiger partial charge in [0.1, 0.15) is 0 Å². The summed E-state index contributed by atoms with van der Waals surface area (Å²) in [5.74, 6) is 0.141. The highest BCUT2D eigenvalue weighted by atomic mass is 35.5. The Hall–Kier alpha value is -1.56. The molecular formula is C12H16ClN3O3. The number of piperidine rings is 1. The maximum atomic E-state index is 12.4. The van der Waals surface area contributed by atoms with Gasteiger partial charge in [0.25, 0.3) is 5.91 Å². The van der Waals surface area contributed by atoms with Crippen molar-refractivity contribution in [2.75, 3.05) is 12.4 Å². The second kappa shape index (κ2) is 5.61. The highest BCUT2D eigenvalue weighted by Gasteiger charge is 2.31. The van der Waals surface area contributed by atoms with Gasteiger partial charge >= 0.3 is 5.82 Å². The van der Waals surface area contributed by atoms with Crippen LogP contribution in [0.2, 0.25) is 0 Å². The van der Waals surface area contributed by atoms with Crippen LogP contribution in [0.1, 0.15) is 29.8 Å². The Bertz CT molecular complexity index is 500. The molecule has 0 saturated carbocycles. The van der Waals surface area contributed by atoms with Crippen molar-refractivity contribution in [3.05, 3.63) is 27.9 Å². The van der Waals surface area contributed by atoms with Crippen LogP contribution in [-0.4, -0.2) is 38.8 Å². The fourth-order valence-corrected chi connectivity index (χ4v) is 2.79. The second-order valence-electron chi connectivity index (χ2n) is 4.70. The molecule has 104 valence electrons. The number of nitro groups is 1. The van der Waals surface area contributed by atoms with E-state index >= 15 is 0 Å². The van der Waals surface area contributed by atoms with Gasteiger partial charge in [-0.1, -0.05) is 0 Å². The largest absolute Gasteiger partial charge is 0.358 e. The van der Waals surface area contributed by atoms with Crippen molar-refractivity contribution in [3.63, 3.8) is 0 Å². The summed E-state index contributed by atoms with van der Waals surface area (Å²) in [6, 6.07) is 2.88. The summed E-state index contributed by atoms with van der Waals surface area (Å²) in [6.07, 6.45) is 2.90. The van der Waals surface area contributed by atoms with Crippen LogP contribution in [0.25, 0.3) is 0 Å². The number of alkyl halides is 1. The summed E-state index contributed by atoms with van der Waals surface area (Å²) < 4.78 is 1.32. The zero-order valence-corrected chi connectivity index (χ0v) is 11.5. The second-order valence-corrected chi connectivity index (χ2v) is 5.00. The molecule has 7 heteroatoms. The van der Waals surface area contributed by atoms with E-state index in [-0.39, 0.29) is 17.8 Å². The molecule has 1 amide bonds. The zero-order valence-electron chi connectivity index (χ0n) is 10.7. The van der Waals surface area contributed by atoms with E-state index in [9.17, 15) is 14.9 Å². The van der Waals surface area contributed by atoms with Crippen molar-refractivity contribution < 1.29 is 9.72 Å². The molecular weight excluding hydrogens is 270 g/mol. The van der Waals surface area contributed by atoms with Crippen molar-refractivity contribution in [1.29, 1.82) is 0 Å². The van der Waals surface area contributed by atoms with Gasteiger partial charge in [-0.2, -0.15) is 0 Å². The van der Waals surface area contributed by atoms with Gasteiger partial charge in [-0.25, -0.2) is 4.57 Å². The lowest BCUT2D eigenvalue weighted by Crippen LogP contribution is -2.45. The Morgan fingerprint density at radius 1 is 1.53 bits per heavy atom. The number of amides is 1. The predicted molar refractivity (Wildman–Crippen MR) is 71.5 cm³/mol. The maximum Gasteiger partial charge on any atom is 0.323 e. The van der Waals surface area contributed by atoms with E-state index in [2.05, 4.69) is 0 Å². The minimum Gasteiger partial charge on any atom is -0.358 e. The predicted octanol–water partition coefficient (Wildman–Crippen LogP) is 2.17. The lowest BCUT2D eigenvalue weighted by atomic mass is 10.0. The van der Waals surface area contributed by atoms with Crippen molar-refractivity contribution in [1.82, 2.24) is 9.47 Å². The number of likely N-dealkylation sites (tertiary alicyclic amines) is 1. The van der Waals surface area contributed by atoms with Crippen LogP contribution in [0.5, 0.6) is 0 Å². The van der Waals surface area contributed by atoms with Gasteiger partial charge in [0.05, 0.1) is 7.05 Å². The Kier molecular flexibility index (Phi) is 4.09. The first-order chi connectivity index (χ1) is 9.06. The minimum atomic E-state index is -0.494. The summed E-state index contributed by atoms with van der Waals surface area (Å²) in [4.78, 5) is 24.5. The fraction of sp³-hybridized carbons (Fsp3) is 0.583. The molecule has 0 aliphatic carbocycles. The number of hydrogen-bond donors (Lipinski definition) is 0. The van der Waals surface area contributed by atoms with Gasteiger partial charge in [-0.15, -0.1) is 11.6 Å². The van der Waals surface area contributed by atoms with Crippen molar-refractivity contribution in [3.8, 4) is 0 Å². The number of halogens is 1. The van der Waals surface area contributed by atoms with Crippen LogP contribution < -0.4 is 0 Å². The monoisotopic (exact) mass is 285 g/mol. The summed E-state index contributed by atoms with van der Waals surface area (Å²) in [5.41, 5.74) is 0.337. The molecule has 1 aromatic rings. The zero-order chi connectivity index (χ0) is 14.0. The van der Waals surface area contributed by atoms with Crippen molar-refractivity contribution in [2.24, 2.45) is 7.05 Å². The van der Waals surface area contributed by atoms with E-state index in [1.54, 1.807) is 4.90 Å². The first-order valence-electron chi connectivity index (χ1n) is 6.23. The van der Waals surface area contributed by atoms with E-state index in [0.717, 1.165) is 19.3 Å². The fourth-order valence-electron chi connectivity index (χ4n) is 2.47. The van der Waals surface area contributed by atoms with Crippen LogP contribution >= 0.6 is 11.6 Å².